The third-order valence-electron chi connectivity index (χ3n) is 4.57. The molecule has 0 saturated carbocycles. The molecule has 1 atom stereocenters. The third kappa shape index (κ3) is 3.53. The summed E-state index contributed by atoms with van der Waals surface area (Å²) in [5.41, 5.74) is 3.21. The molecular formula is C18H24N4O2. The summed E-state index contributed by atoms with van der Waals surface area (Å²) in [4.78, 5) is 14.6. The number of aryl methyl sites for hydroxylation is 1. The highest BCUT2D eigenvalue weighted by Gasteiger charge is 2.28. The number of aromatic nitrogens is 2. The second kappa shape index (κ2) is 7.38. The molecule has 0 aliphatic carbocycles. The molecule has 1 aliphatic rings. The predicted molar refractivity (Wildman–Crippen MR) is 91.9 cm³/mol. The maximum Gasteiger partial charge on any atom is 0.318 e. The van der Waals surface area contributed by atoms with E-state index in [2.05, 4.69) is 15.5 Å². The van der Waals surface area contributed by atoms with Gasteiger partial charge in [0.25, 0.3) is 0 Å². The van der Waals surface area contributed by atoms with E-state index in [1.165, 1.54) is 0 Å². The standard InChI is InChI=1S/C18H24N4O2/c1-13-9-14(6-7-17(13)24-2)10-19-18(23)22-8-4-3-5-16(22)15-11-20-21-12-15/h6-7,9,11-12,16H,3-5,8,10H2,1-2H3,(H,19,23)(H,20,21). The van der Waals surface area contributed by atoms with Crippen LogP contribution in [-0.2, 0) is 6.54 Å². The number of methoxy groups -OCH3 is 1. The molecule has 2 heterocycles. The molecule has 1 fully saturated rings. The summed E-state index contributed by atoms with van der Waals surface area (Å²) in [5.74, 6) is 0.862. The number of benzene rings is 1. The largest absolute Gasteiger partial charge is 0.496 e. The molecule has 1 unspecified atom stereocenters. The van der Waals surface area contributed by atoms with Crippen molar-refractivity contribution in [2.24, 2.45) is 0 Å². The Kier molecular flexibility index (Phi) is 5.03. The van der Waals surface area contributed by atoms with E-state index in [0.29, 0.717) is 6.54 Å². The molecule has 1 aromatic carbocycles. The van der Waals surface area contributed by atoms with Crippen LogP contribution in [-0.4, -0.2) is 34.8 Å². The van der Waals surface area contributed by atoms with Crippen LogP contribution in [0.1, 0.15) is 42.0 Å². The number of nitrogens with one attached hydrogen (secondary N) is 2. The summed E-state index contributed by atoms with van der Waals surface area (Å²) >= 11 is 0. The summed E-state index contributed by atoms with van der Waals surface area (Å²) in [6.45, 7) is 3.30. The lowest BCUT2D eigenvalue weighted by Crippen LogP contribution is -2.44. The Hall–Kier alpha value is -2.50. The summed E-state index contributed by atoms with van der Waals surface area (Å²) in [7, 11) is 1.66. The van der Waals surface area contributed by atoms with Gasteiger partial charge in [0.05, 0.1) is 19.3 Å². The number of urea groups is 1. The first-order valence-electron chi connectivity index (χ1n) is 8.35. The van der Waals surface area contributed by atoms with Gasteiger partial charge in [-0.3, -0.25) is 5.10 Å². The average Bonchev–Trinajstić information content (AvgIpc) is 3.14. The molecule has 6 heteroatoms. The van der Waals surface area contributed by atoms with E-state index in [1.807, 2.05) is 42.4 Å². The van der Waals surface area contributed by atoms with E-state index in [1.54, 1.807) is 7.11 Å². The van der Waals surface area contributed by atoms with Gasteiger partial charge in [-0.2, -0.15) is 5.10 Å². The van der Waals surface area contributed by atoms with Gasteiger partial charge in [-0.25, -0.2) is 4.79 Å². The molecule has 0 radical (unpaired) electrons. The van der Waals surface area contributed by atoms with Gasteiger partial charge in [-0.1, -0.05) is 12.1 Å². The number of rotatable bonds is 4. The molecule has 24 heavy (non-hydrogen) atoms. The molecule has 128 valence electrons. The zero-order chi connectivity index (χ0) is 16.9. The topological polar surface area (TPSA) is 70.2 Å². The smallest absolute Gasteiger partial charge is 0.318 e. The van der Waals surface area contributed by atoms with Gasteiger partial charge in [0.2, 0.25) is 0 Å². The number of likely N-dealkylation sites (tertiary alicyclic amines) is 1. The van der Waals surface area contributed by atoms with Crippen LogP contribution < -0.4 is 10.1 Å². The van der Waals surface area contributed by atoms with Gasteiger partial charge >= 0.3 is 6.03 Å². The Labute approximate surface area is 142 Å². The predicted octanol–water partition coefficient (Wildman–Crippen LogP) is 3.16. The van der Waals surface area contributed by atoms with E-state index in [9.17, 15) is 4.79 Å². The first-order valence-corrected chi connectivity index (χ1v) is 8.35. The van der Waals surface area contributed by atoms with Crippen LogP contribution in [0.15, 0.2) is 30.6 Å². The fourth-order valence-electron chi connectivity index (χ4n) is 3.29. The van der Waals surface area contributed by atoms with Crippen molar-refractivity contribution in [2.45, 2.75) is 38.8 Å². The number of nitrogens with zero attached hydrogens (tertiary/aromatic N) is 2. The minimum atomic E-state index is -0.0191. The van der Waals surface area contributed by atoms with Crippen molar-refractivity contribution in [3.8, 4) is 5.75 Å². The second-order valence-corrected chi connectivity index (χ2v) is 6.20. The van der Waals surface area contributed by atoms with Crippen LogP contribution in [0.5, 0.6) is 5.75 Å². The minimum Gasteiger partial charge on any atom is -0.496 e. The molecule has 0 spiro atoms. The number of H-pyrrole nitrogens is 1. The fourth-order valence-corrected chi connectivity index (χ4v) is 3.29. The molecule has 6 nitrogen and oxygen atoms in total. The summed E-state index contributed by atoms with van der Waals surface area (Å²) < 4.78 is 5.27. The monoisotopic (exact) mass is 328 g/mol. The van der Waals surface area contributed by atoms with Crippen LogP contribution in [0.25, 0.3) is 0 Å². The Bertz CT molecular complexity index is 684. The van der Waals surface area contributed by atoms with Gasteiger partial charge < -0.3 is 15.0 Å². The van der Waals surface area contributed by atoms with E-state index in [4.69, 9.17) is 4.74 Å². The number of aromatic amines is 1. The molecule has 1 saturated heterocycles. The molecule has 1 aliphatic heterocycles. The van der Waals surface area contributed by atoms with Crippen molar-refractivity contribution in [3.05, 3.63) is 47.3 Å². The Morgan fingerprint density at radius 2 is 2.33 bits per heavy atom. The molecule has 2 aromatic rings. The zero-order valence-corrected chi connectivity index (χ0v) is 14.2. The summed E-state index contributed by atoms with van der Waals surface area (Å²) in [6.07, 6.45) is 6.85. The lowest BCUT2D eigenvalue weighted by molar-refractivity contribution is 0.151. The lowest BCUT2D eigenvalue weighted by Gasteiger charge is -2.35. The number of piperidine rings is 1. The van der Waals surface area contributed by atoms with Gasteiger partial charge in [0.15, 0.2) is 0 Å². The van der Waals surface area contributed by atoms with E-state index >= 15 is 0 Å². The normalized spacial score (nSPS) is 17.6. The van der Waals surface area contributed by atoms with Crippen molar-refractivity contribution < 1.29 is 9.53 Å². The maximum atomic E-state index is 12.6. The SMILES string of the molecule is COc1ccc(CNC(=O)N2CCCCC2c2cn[nH]c2)cc1C. The highest BCUT2D eigenvalue weighted by Crippen LogP contribution is 2.30. The van der Waals surface area contributed by atoms with Crippen LogP contribution >= 0.6 is 0 Å². The zero-order valence-electron chi connectivity index (χ0n) is 14.2. The van der Waals surface area contributed by atoms with Crippen molar-refractivity contribution >= 4 is 6.03 Å². The van der Waals surface area contributed by atoms with Crippen LogP contribution in [0.3, 0.4) is 0 Å². The highest BCUT2D eigenvalue weighted by atomic mass is 16.5. The Morgan fingerprint density at radius 3 is 3.04 bits per heavy atom. The van der Waals surface area contributed by atoms with Crippen LogP contribution in [0, 0.1) is 6.92 Å². The number of ether oxygens (including phenoxy) is 1. The first kappa shape index (κ1) is 16.4. The van der Waals surface area contributed by atoms with Crippen molar-refractivity contribution in [3.63, 3.8) is 0 Å². The number of carbonyl (C=O) groups excluding carboxylic acids is 1. The lowest BCUT2D eigenvalue weighted by atomic mass is 9.98. The Balaban J connectivity index is 1.64. The Morgan fingerprint density at radius 1 is 1.46 bits per heavy atom. The average molecular weight is 328 g/mol. The van der Waals surface area contributed by atoms with E-state index in [-0.39, 0.29) is 12.1 Å². The minimum absolute atomic E-state index is 0.0191. The van der Waals surface area contributed by atoms with Crippen molar-refractivity contribution in [2.75, 3.05) is 13.7 Å². The maximum absolute atomic E-state index is 12.6. The van der Waals surface area contributed by atoms with E-state index < -0.39 is 0 Å². The molecule has 0 bridgehead atoms. The fraction of sp³-hybridized carbons (Fsp3) is 0.444. The van der Waals surface area contributed by atoms with Crippen LogP contribution in [0.2, 0.25) is 0 Å². The van der Waals surface area contributed by atoms with Gasteiger partial charge in [0.1, 0.15) is 5.75 Å². The quantitative estimate of drug-likeness (QED) is 0.905. The van der Waals surface area contributed by atoms with Crippen LogP contribution in [0.4, 0.5) is 4.79 Å². The second-order valence-electron chi connectivity index (χ2n) is 6.20. The molecule has 1 aromatic heterocycles. The highest BCUT2D eigenvalue weighted by molar-refractivity contribution is 5.75. The van der Waals surface area contributed by atoms with Gasteiger partial charge in [0, 0.05) is 24.8 Å². The third-order valence-corrected chi connectivity index (χ3v) is 4.57. The summed E-state index contributed by atoms with van der Waals surface area (Å²) in [6, 6.07) is 6.05. The molecule has 2 N–H and O–H groups in total. The molecule has 3 rings (SSSR count). The van der Waals surface area contributed by atoms with E-state index in [0.717, 1.165) is 48.2 Å². The number of hydrogen-bond donors (Lipinski definition) is 2. The van der Waals surface area contributed by atoms with Gasteiger partial charge in [-0.15, -0.1) is 0 Å². The molecule has 2 amide bonds. The van der Waals surface area contributed by atoms with Crippen molar-refractivity contribution in [1.29, 1.82) is 0 Å². The summed E-state index contributed by atoms with van der Waals surface area (Å²) in [5, 5.41) is 9.90. The molecular weight excluding hydrogens is 304 g/mol. The number of hydrogen-bond acceptors (Lipinski definition) is 3. The van der Waals surface area contributed by atoms with Gasteiger partial charge in [-0.05, 0) is 43.4 Å². The number of amides is 2. The number of carbonyl (C=O) groups is 1. The van der Waals surface area contributed by atoms with Crippen molar-refractivity contribution in [1.82, 2.24) is 20.4 Å². The first-order chi connectivity index (χ1) is 11.7.